The fraction of sp³-hybridized carbons (Fsp3) is 0.667. The number of primary sulfonamides is 1. The van der Waals surface area contributed by atoms with E-state index in [0.29, 0.717) is 30.8 Å². The Balaban J connectivity index is 2.17. The van der Waals surface area contributed by atoms with Gasteiger partial charge in [-0.15, -0.1) is 11.3 Å². The number of thiophene rings is 1. The summed E-state index contributed by atoms with van der Waals surface area (Å²) in [5.41, 5.74) is 0.146. The molecule has 0 bridgehead atoms. The molecule has 2 rings (SSSR count). The number of carbonyl (C=O) groups is 3. The SMILES string of the molecule is CCN(C(=O)OCCOC(=O)CCCC(C)=O)[C@H]1CN(CCCOC)S(=O)(=O)c2sc(S(N)(=O)=O)cc21. The van der Waals surface area contributed by atoms with Crippen LogP contribution in [-0.4, -0.2) is 90.5 Å². The van der Waals surface area contributed by atoms with Gasteiger partial charge in [0.15, 0.2) is 0 Å². The Morgan fingerprint density at radius 1 is 1.16 bits per heavy atom. The van der Waals surface area contributed by atoms with Crippen molar-refractivity contribution in [3.05, 3.63) is 11.6 Å². The Morgan fingerprint density at radius 2 is 1.84 bits per heavy atom. The van der Waals surface area contributed by atoms with Gasteiger partial charge in [0.2, 0.25) is 10.0 Å². The van der Waals surface area contributed by atoms with Crippen LogP contribution in [0.3, 0.4) is 0 Å². The number of rotatable bonds is 14. The fourth-order valence-electron chi connectivity index (χ4n) is 3.71. The molecule has 1 aliphatic heterocycles. The van der Waals surface area contributed by atoms with E-state index in [4.69, 9.17) is 19.3 Å². The number of hydrogen-bond donors (Lipinski definition) is 1. The van der Waals surface area contributed by atoms with Crippen molar-refractivity contribution < 1.29 is 45.4 Å². The normalized spacial score (nSPS) is 17.1. The minimum Gasteiger partial charge on any atom is -0.462 e. The van der Waals surface area contributed by atoms with Crippen LogP contribution in [-0.2, 0) is 43.8 Å². The largest absolute Gasteiger partial charge is 0.462 e. The fourth-order valence-corrected chi connectivity index (χ4v) is 7.99. The zero-order valence-corrected chi connectivity index (χ0v) is 23.5. The van der Waals surface area contributed by atoms with E-state index >= 15 is 0 Å². The highest BCUT2D eigenvalue weighted by molar-refractivity contribution is 7.94. The number of nitrogens with two attached hydrogens (primary N) is 1. The third kappa shape index (κ3) is 8.44. The molecule has 0 spiro atoms. The molecule has 0 saturated carbocycles. The van der Waals surface area contributed by atoms with Crippen LogP contribution in [0.5, 0.6) is 0 Å². The zero-order valence-electron chi connectivity index (χ0n) is 21.0. The summed E-state index contributed by atoms with van der Waals surface area (Å²) in [7, 11) is -6.73. The zero-order chi connectivity index (χ0) is 27.8. The first-order valence-corrected chi connectivity index (χ1v) is 15.4. The van der Waals surface area contributed by atoms with Gasteiger partial charge in [-0.25, -0.2) is 26.8 Å². The molecule has 1 aliphatic rings. The van der Waals surface area contributed by atoms with E-state index < -0.39 is 38.2 Å². The molecule has 1 amide bonds. The maximum atomic E-state index is 13.2. The van der Waals surface area contributed by atoms with Gasteiger partial charge in [0.25, 0.3) is 10.0 Å². The molecule has 0 fully saturated rings. The first-order chi connectivity index (χ1) is 17.3. The molecule has 1 atom stereocenters. The standard InChI is InChI=1S/C21H33N3O10S3/c1-4-24(21(27)34-12-11-33-18(26)8-5-7-15(2)25)17-14-23(9-6-10-32-3)37(30,31)20-16(17)13-19(35-20)36(22,28)29/h13,17H,4-12,14H2,1-3H3,(H2,22,28,29)/t17-/m0/s1. The second kappa shape index (κ2) is 13.6. The molecule has 37 heavy (non-hydrogen) atoms. The van der Waals surface area contributed by atoms with Crippen LogP contribution in [0.25, 0.3) is 0 Å². The van der Waals surface area contributed by atoms with Crippen LogP contribution in [0.2, 0.25) is 0 Å². The number of ether oxygens (including phenoxy) is 3. The minimum absolute atomic E-state index is 0.0286. The van der Waals surface area contributed by atoms with E-state index in [1.54, 1.807) is 6.92 Å². The molecule has 1 aromatic rings. The number of sulfonamides is 2. The molecule has 13 nitrogen and oxygen atoms in total. The Morgan fingerprint density at radius 3 is 2.43 bits per heavy atom. The number of hydrogen-bond acceptors (Lipinski definition) is 11. The topological polar surface area (TPSA) is 180 Å². The van der Waals surface area contributed by atoms with Gasteiger partial charge in [0.1, 0.15) is 27.4 Å². The average molecular weight is 584 g/mol. The summed E-state index contributed by atoms with van der Waals surface area (Å²) in [4.78, 5) is 36.8. The number of carbonyl (C=O) groups excluding carboxylic acids is 3. The lowest BCUT2D eigenvalue weighted by atomic mass is 10.1. The maximum absolute atomic E-state index is 13.2. The smallest absolute Gasteiger partial charge is 0.410 e. The van der Waals surface area contributed by atoms with Gasteiger partial charge >= 0.3 is 12.1 Å². The molecule has 0 aliphatic carbocycles. The van der Waals surface area contributed by atoms with Gasteiger partial charge in [0, 0.05) is 51.8 Å². The van der Waals surface area contributed by atoms with Crippen molar-refractivity contribution in [1.82, 2.24) is 9.21 Å². The Hall–Kier alpha value is -2.11. The van der Waals surface area contributed by atoms with Crippen molar-refractivity contribution in [3.8, 4) is 0 Å². The third-order valence-electron chi connectivity index (χ3n) is 5.48. The van der Waals surface area contributed by atoms with E-state index in [0.717, 1.165) is 0 Å². The molecule has 2 N–H and O–H groups in total. The highest BCUT2D eigenvalue weighted by atomic mass is 32.3. The monoisotopic (exact) mass is 583 g/mol. The Kier molecular flexibility index (Phi) is 11.4. The minimum atomic E-state index is -4.19. The van der Waals surface area contributed by atoms with Crippen LogP contribution in [0, 0.1) is 0 Å². The summed E-state index contributed by atoms with van der Waals surface area (Å²) in [6.07, 6.45) is 0.307. The van der Waals surface area contributed by atoms with Crippen molar-refractivity contribution in [2.75, 3.05) is 46.6 Å². The van der Waals surface area contributed by atoms with Gasteiger partial charge in [0.05, 0.1) is 6.04 Å². The van der Waals surface area contributed by atoms with E-state index in [2.05, 4.69) is 0 Å². The molecule has 2 heterocycles. The summed E-state index contributed by atoms with van der Waals surface area (Å²) in [5.74, 6) is -0.550. The van der Waals surface area contributed by atoms with Crippen LogP contribution >= 0.6 is 11.3 Å². The summed E-state index contributed by atoms with van der Waals surface area (Å²) < 4.78 is 66.3. The molecular weight excluding hydrogens is 550 g/mol. The van der Waals surface area contributed by atoms with Crippen molar-refractivity contribution >= 4 is 49.2 Å². The highest BCUT2D eigenvalue weighted by Crippen LogP contribution is 2.42. The van der Waals surface area contributed by atoms with Crippen LogP contribution in [0.1, 0.15) is 51.1 Å². The first kappa shape index (κ1) is 31.1. The lowest BCUT2D eigenvalue weighted by molar-refractivity contribution is -0.144. The van der Waals surface area contributed by atoms with E-state index in [9.17, 15) is 31.2 Å². The number of likely N-dealkylation sites (N-methyl/N-ethyl adjacent to an activating group) is 1. The average Bonchev–Trinajstić information content (AvgIpc) is 3.27. The predicted octanol–water partition coefficient (Wildman–Crippen LogP) is 1.24. The number of esters is 1. The number of methoxy groups -OCH3 is 1. The van der Waals surface area contributed by atoms with Crippen LogP contribution in [0.15, 0.2) is 14.5 Å². The molecule has 0 saturated heterocycles. The number of amides is 1. The summed E-state index contributed by atoms with van der Waals surface area (Å²) in [6, 6.07) is 0.349. The predicted molar refractivity (Wildman–Crippen MR) is 133 cm³/mol. The molecule has 16 heteroatoms. The van der Waals surface area contributed by atoms with Crippen LogP contribution in [0.4, 0.5) is 4.79 Å². The van der Waals surface area contributed by atoms with Crippen molar-refractivity contribution in [2.45, 2.75) is 54.0 Å². The molecule has 0 unspecified atom stereocenters. The molecule has 0 aromatic carbocycles. The number of fused-ring (bicyclic) bond motifs is 1. The molecule has 0 radical (unpaired) electrons. The van der Waals surface area contributed by atoms with Gasteiger partial charge in [-0.1, -0.05) is 0 Å². The van der Waals surface area contributed by atoms with Crippen molar-refractivity contribution in [1.29, 1.82) is 0 Å². The van der Waals surface area contributed by atoms with Gasteiger partial charge in [-0.05, 0) is 32.8 Å². The van der Waals surface area contributed by atoms with Gasteiger partial charge in [-0.2, -0.15) is 4.31 Å². The summed E-state index contributed by atoms with van der Waals surface area (Å²) in [6.45, 7) is 3.08. The number of Topliss-reactive ketones (excluding diaryl/α,β-unsaturated/α-hetero) is 1. The summed E-state index contributed by atoms with van der Waals surface area (Å²) in [5, 5.41) is 5.25. The lowest BCUT2D eigenvalue weighted by Gasteiger charge is -2.37. The molecule has 1 aromatic heterocycles. The molecule has 210 valence electrons. The number of nitrogens with zero attached hydrogens (tertiary/aromatic N) is 2. The quantitative estimate of drug-likeness (QED) is 0.247. The number of ketones is 1. The van der Waals surface area contributed by atoms with Gasteiger partial charge in [-0.3, -0.25) is 4.79 Å². The Bertz CT molecular complexity index is 1180. The van der Waals surface area contributed by atoms with Crippen molar-refractivity contribution in [3.63, 3.8) is 0 Å². The lowest BCUT2D eigenvalue weighted by Crippen LogP contribution is -2.47. The molecular formula is C21H33N3O10S3. The summed E-state index contributed by atoms with van der Waals surface area (Å²) >= 11 is 0.537. The first-order valence-electron chi connectivity index (χ1n) is 11.6. The Labute approximate surface area is 220 Å². The maximum Gasteiger partial charge on any atom is 0.410 e. The van der Waals surface area contributed by atoms with E-state index in [1.165, 1.54) is 29.3 Å². The van der Waals surface area contributed by atoms with Crippen LogP contribution < -0.4 is 5.14 Å². The van der Waals surface area contributed by atoms with E-state index in [1.807, 2.05) is 0 Å². The highest BCUT2D eigenvalue weighted by Gasteiger charge is 2.43. The second-order valence-corrected chi connectivity index (χ2v) is 13.2. The van der Waals surface area contributed by atoms with Crippen molar-refractivity contribution in [2.24, 2.45) is 5.14 Å². The van der Waals surface area contributed by atoms with E-state index in [-0.39, 0.29) is 65.5 Å². The second-order valence-electron chi connectivity index (χ2n) is 8.25. The third-order valence-corrected chi connectivity index (χ3v) is 10.4. The van der Waals surface area contributed by atoms with Gasteiger partial charge < -0.3 is 23.9 Å².